The minimum absolute atomic E-state index is 0.00546. The number of hydrogen-bond acceptors (Lipinski definition) is 3. The summed E-state index contributed by atoms with van der Waals surface area (Å²) in [6.07, 6.45) is 1.29. The van der Waals surface area contributed by atoms with Gasteiger partial charge in [0.25, 0.3) is 0 Å². The second-order valence-corrected chi connectivity index (χ2v) is 6.48. The summed E-state index contributed by atoms with van der Waals surface area (Å²) in [6, 6.07) is 7.67. The third kappa shape index (κ3) is 4.55. The molecule has 0 bridgehead atoms. The van der Waals surface area contributed by atoms with E-state index in [1.807, 2.05) is 38.1 Å². The van der Waals surface area contributed by atoms with Gasteiger partial charge in [-0.2, -0.15) is 0 Å². The molecule has 0 aromatic heterocycles. The maximum atomic E-state index is 12.4. The smallest absolute Gasteiger partial charge is 0.227 e. The molecular formula is C18H26N2O3. The molecule has 1 aliphatic heterocycles. The Bertz CT molecular complexity index is 552. The average molecular weight is 318 g/mol. The summed E-state index contributed by atoms with van der Waals surface area (Å²) in [5, 5.41) is 9.54. The molecule has 2 amide bonds. The van der Waals surface area contributed by atoms with Gasteiger partial charge >= 0.3 is 0 Å². The summed E-state index contributed by atoms with van der Waals surface area (Å²) in [5.74, 6) is 0.169. The molecule has 1 unspecified atom stereocenters. The van der Waals surface area contributed by atoms with Crippen LogP contribution in [0.25, 0.3) is 0 Å². The third-order valence-corrected chi connectivity index (χ3v) is 4.08. The Morgan fingerprint density at radius 3 is 2.39 bits per heavy atom. The molecule has 126 valence electrons. The normalized spacial score (nSPS) is 16.0. The van der Waals surface area contributed by atoms with E-state index in [2.05, 4.69) is 0 Å². The van der Waals surface area contributed by atoms with Crippen LogP contribution in [0.1, 0.15) is 39.2 Å². The highest BCUT2D eigenvalue weighted by molar-refractivity contribution is 5.95. The largest absolute Gasteiger partial charge is 0.392 e. The van der Waals surface area contributed by atoms with E-state index in [-0.39, 0.29) is 17.9 Å². The molecule has 5 heteroatoms. The molecule has 0 saturated carbocycles. The van der Waals surface area contributed by atoms with E-state index in [9.17, 15) is 14.7 Å². The third-order valence-electron chi connectivity index (χ3n) is 4.08. The van der Waals surface area contributed by atoms with Crippen LogP contribution in [0, 0.1) is 0 Å². The number of hydrogen-bond donors (Lipinski definition) is 1. The standard InChI is InChI=1S/C18H26N2O3/c1-13(2)20(12-14(3)21)18(23)11-15-6-8-16(9-7-15)19-10-4-5-17(19)22/h6-9,13-14,21H,4-5,10-12H2,1-3H3. The van der Waals surface area contributed by atoms with Crippen LogP contribution in [0.4, 0.5) is 5.69 Å². The predicted molar refractivity (Wildman–Crippen MR) is 90.3 cm³/mol. The Kier molecular flexibility index (Phi) is 5.77. The summed E-state index contributed by atoms with van der Waals surface area (Å²) in [6.45, 7) is 6.69. The van der Waals surface area contributed by atoms with E-state index in [0.717, 1.165) is 24.2 Å². The van der Waals surface area contributed by atoms with Gasteiger partial charge in [0.1, 0.15) is 0 Å². The van der Waals surface area contributed by atoms with E-state index in [1.165, 1.54) is 0 Å². The number of aliphatic hydroxyl groups is 1. The van der Waals surface area contributed by atoms with Crippen molar-refractivity contribution in [3.05, 3.63) is 29.8 Å². The molecule has 1 N–H and O–H groups in total. The fourth-order valence-corrected chi connectivity index (χ4v) is 2.88. The molecule has 1 heterocycles. The molecular weight excluding hydrogens is 292 g/mol. The Hall–Kier alpha value is -1.88. The molecule has 0 spiro atoms. The lowest BCUT2D eigenvalue weighted by Gasteiger charge is -2.28. The number of rotatable bonds is 6. The molecule has 0 radical (unpaired) electrons. The molecule has 1 aromatic rings. The molecule has 1 fully saturated rings. The van der Waals surface area contributed by atoms with E-state index in [1.54, 1.807) is 16.7 Å². The van der Waals surface area contributed by atoms with Gasteiger partial charge < -0.3 is 14.9 Å². The van der Waals surface area contributed by atoms with Crippen molar-refractivity contribution in [2.45, 2.75) is 52.2 Å². The zero-order valence-corrected chi connectivity index (χ0v) is 14.2. The highest BCUT2D eigenvalue weighted by Gasteiger charge is 2.22. The van der Waals surface area contributed by atoms with Gasteiger partial charge in [0.15, 0.2) is 0 Å². The minimum atomic E-state index is -0.537. The fourth-order valence-electron chi connectivity index (χ4n) is 2.88. The van der Waals surface area contributed by atoms with E-state index >= 15 is 0 Å². The van der Waals surface area contributed by atoms with Crippen molar-refractivity contribution in [3.63, 3.8) is 0 Å². The number of amides is 2. The first-order chi connectivity index (χ1) is 10.9. The molecule has 5 nitrogen and oxygen atoms in total. The summed E-state index contributed by atoms with van der Waals surface area (Å²) < 4.78 is 0. The summed E-state index contributed by atoms with van der Waals surface area (Å²) in [7, 11) is 0. The first-order valence-corrected chi connectivity index (χ1v) is 8.25. The van der Waals surface area contributed by atoms with Crippen molar-refractivity contribution in [2.75, 3.05) is 18.0 Å². The van der Waals surface area contributed by atoms with Gasteiger partial charge in [-0.05, 0) is 44.9 Å². The van der Waals surface area contributed by atoms with Crippen LogP contribution in [-0.4, -0.2) is 47.1 Å². The monoisotopic (exact) mass is 318 g/mol. The van der Waals surface area contributed by atoms with Gasteiger partial charge in [0, 0.05) is 31.2 Å². The number of aliphatic hydroxyl groups excluding tert-OH is 1. The van der Waals surface area contributed by atoms with Crippen molar-refractivity contribution in [1.29, 1.82) is 0 Å². The maximum absolute atomic E-state index is 12.4. The predicted octanol–water partition coefficient (Wildman–Crippen LogP) is 1.97. The van der Waals surface area contributed by atoms with Crippen molar-refractivity contribution < 1.29 is 14.7 Å². The molecule has 1 aliphatic rings. The van der Waals surface area contributed by atoms with Gasteiger partial charge in [-0.3, -0.25) is 9.59 Å². The summed E-state index contributed by atoms with van der Waals surface area (Å²) in [5.41, 5.74) is 1.81. The molecule has 1 aromatic carbocycles. The van der Waals surface area contributed by atoms with Crippen molar-refractivity contribution >= 4 is 17.5 Å². The Morgan fingerprint density at radius 2 is 1.91 bits per heavy atom. The van der Waals surface area contributed by atoms with Crippen LogP contribution in [0.2, 0.25) is 0 Å². The quantitative estimate of drug-likeness (QED) is 0.872. The highest BCUT2D eigenvalue weighted by atomic mass is 16.3. The lowest BCUT2D eigenvalue weighted by molar-refractivity contribution is -0.133. The van der Waals surface area contributed by atoms with Crippen LogP contribution < -0.4 is 4.90 Å². The van der Waals surface area contributed by atoms with Gasteiger partial charge in [-0.1, -0.05) is 12.1 Å². The first kappa shape index (κ1) is 17.5. The van der Waals surface area contributed by atoms with Gasteiger partial charge in [-0.15, -0.1) is 0 Å². The summed E-state index contributed by atoms with van der Waals surface area (Å²) in [4.78, 5) is 27.7. The minimum Gasteiger partial charge on any atom is -0.392 e. The lowest BCUT2D eigenvalue weighted by atomic mass is 10.1. The summed E-state index contributed by atoms with van der Waals surface area (Å²) >= 11 is 0. The maximum Gasteiger partial charge on any atom is 0.227 e. The molecule has 1 atom stereocenters. The van der Waals surface area contributed by atoms with Crippen molar-refractivity contribution in [2.24, 2.45) is 0 Å². The van der Waals surface area contributed by atoms with Crippen molar-refractivity contribution in [3.8, 4) is 0 Å². The number of anilines is 1. The van der Waals surface area contributed by atoms with Gasteiger partial charge in [0.2, 0.25) is 11.8 Å². The zero-order valence-electron chi connectivity index (χ0n) is 14.2. The highest BCUT2D eigenvalue weighted by Crippen LogP contribution is 2.22. The molecule has 1 saturated heterocycles. The van der Waals surface area contributed by atoms with Crippen LogP contribution in [0.3, 0.4) is 0 Å². The zero-order chi connectivity index (χ0) is 17.0. The van der Waals surface area contributed by atoms with Crippen LogP contribution >= 0.6 is 0 Å². The Morgan fingerprint density at radius 1 is 1.26 bits per heavy atom. The van der Waals surface area contributed by atoms with Crippen LogP contribution in [0.5, 0.6) is 0 Å². The lowest BCUT2D eigenvalue weighted by Crippen LogP contribution is -2.42. The van der Waals surface area contributed by atoms with E-state index in [0.29, 0.717) is 19.4 Å². The number of carbonyl (C=O) groups excluding carboxylic acids is 2. The topological polar surface area (TPSA) is 60.9 Å². The van der Waals surface area contributed by atoms with Gasteiger partial charge in [0.05, 0.1) is 12.5 Å². The number of nitrogens with zero attached hydrogens (tertiary/aromatic N) is 2. The number of carbonyl (C=O) groups is 2. The van der Waals surface area contributed by atoms with Crippen LogP contribution in [0.15, 0.2) is 24.3 Å². The second kappa shape index (κ2) is 7.59. The SMILES string of the molecule is CC(O)CN(C(=O)Cc1ccc(N2CCCC2=O)cc1)C(C)C. The molecule has 0 aliphatic carbocycles. The van der Waals surface area contributed by atoms with Crippen molar-refractivity contribution in [1.82, 2.24) is 4.90 Å². The Balaban J connectivity index is 2.02. The first-order valence-electron chi connectivity index (χ1n) is 8.25. The Labute approximate surface area is 137 Å². The molecule has 23 heavy (non-hydrogen) atoms. The average Bonchev–Trinajstić information content (AvgIpc) is 2.91. The van der Waals surface area contributed by atoms with E-state index < -0.39 is 6.10 Å². The van der Waals surface area contributed by atoms with Gasteiger partial charge in [-0.25, -0.2) is 0 Å². The number of benzene rings is 1. The fraction of sp³-hybridized carbons (Fsp3) is 0.556. The van der Waals surface area contributed by atoms with E-state index in [4.69, 9.17) is 0 Å². The second-order valence-electron chi connectivity index (χ2n) is 6.48. The van der Waals surface area contributed by atoms with Crippen LogP contribution in [-0.2, 0) is 16.0 Å². The molecule has 2 rings (SSSR count).